The standard InChI is InChI=1S/C16H23N3O/c1-13(2)17-10-15-11-18-19(12-15)9-8-14-4-6-16(20-3)7-5-14/h4-7,11-13,17H,8-10H2,1-3H3. The molecule has 2 aromatic rings. The highest BCUT2D eigenvalue weighted by Gasteiger charge is 2.01. The van der Waals surface area contributed by atoms with Gasteiger partial charge in [-0.3, -0.25) is 4.68 Å². The fourth-order valence-corrected chi connectivity index (χ4v) is 1.98. The van der Waals surface area contributed by atoms with E-state index in [0.29, 0.717) is 6.04 Å². The lowest BCUT2D eigenvalue weighted by Gasteiger charge is -2.05. The van der Waals surface area contributed by atoms with Gasteiger partial charge < -0.3 is 10.1 Å². The largest absolute Gasteiger partial charge is 0.497 e. The molecule has 0 spiro atoms. The van der Waals surface area contributed by atoms with Gasteiger partial charge in [0.25, 0.3) is 0 Å². The summed E-state index contributed by atoms with van der Waals surface area (Å²) in [7, 11) is 1.69. The summed E-state index contributed by atoms with van der Waals surface area (Å²) in [4.78, 5) is 0. The number of hydrogen-bond acceptors (Lipinski definition) is 3. The van der Waals surface area contributed by atoms with Crippen molar-refractivity contribution in [2.24, 2.45) is 0 Å². The Hall–Kier alpha value is -1.81. The van der Waals surface area contributed by atoms with Crippen LogP contribution < -0.4 is 10.1 Å². The quantitative estimate of drug-likeness (QED) is 0.843. The number of aromatic nitrogens is 2. The van der Waals surface area contributed by atoms with Crippen LogP contribution >= 0.6 is 0 Å². The highest BCUT2D eigenvalue weighted by atomic mass is 16.5. The highest BCUT2D eigenvalue weighted by Crippen LogP contribution is 2.12. The van der Waals surface area contributed by atoms with Crippen molar-refractivity contribution in [3.05, 3.63) is 47.8 Å². The maximum Gasteiger partial charge on any atom is 0.118 e. The first-order chi connectivity index (χ1) is 9.67. The summed E-state index contributed by atoms with van der Waals surface area (Å²) in [5, 5.41) is 7.79. The van der Waals surface area contributed by atoms with Crippen molar-refractivity contribution in [2.75, 3.05) is 7.11 Å². The first kappa shape index (κ1) is 14.6. The van der Waals surface area contributed by atoms with Crippen LogP contribution in [0.5, 0.6) is 5.75 Å². The van der Waals surface area contributed by atoms with Crippen molar-refractivity contribution >= 4 is 0 Å². The van der Waals surface area contributed by atoms with Crippen LogP contribution in [0.1, 0.15) is 25.0 Å². The molecule has 0 atom stereocenters. The van der Waals surface area contributed by atoms with Crippen LogP contribution in [0.25, 0.3) is 0 Å². The van der Waals surface area contributed by atoms with E-state index >= 15 is 0 Å². The summed E-state index contributed by atoms with van der Waals surface area (Å²) in [5.41, 5.74) is 2.52. The zero-order valence-electron chi connectivity index (χ0n) is 12.5. The molecule has 0 bridgehead atoms. The van der Waals surface area contributed by atoms with Crippen molar-refractivity contribution < 1.29 is 4.74 Å². The minimum Gasteiger partial charge on any atom is -0.497 e. The topological polar surface area (TPSA) is 39.1 Å². The Balaban J connectivity index is 1.84. The molecule has 20 heavy (non-hydrogen) atoms. The predicted octanol–water partition coefficient (Wildman–Crippen LogP) is 2.63. The lowest BCUT2D eigenvalue weighted by atomic mass is 10.1. The molecule has 4 heteroatoms. The zero-order valence-corrected chi connectivity index (χ0v) is 12.5. The van der Waals surface area contributed by atoms with Gasteiger partial charge in [0.2, 0.25) is 0 Å². The van der Waals surface area contributed by atoms with Crippen LogP contribution in [0, 0.1) is 0 Å². The first-order valence-corrected chi connectivity index (χ1v) is 7.05. The second-order valence-corrected chi connectivity index (χ2v) is 5.25. The minimum atomic E-state index is 0.498. The summed E-state index contributed by atoms with van der Waals surface area (Å²) in [6, 6.07) is 8.69. The minimum absolute atomic E-state index is 0.498. The molecule has 0 amide bonds. The Morgan fingerprint density at radius 3 is 2.60 bits per heavy atom. The molecular weight excluding hydrogens is 250 g/mol. The Bertz CT molecular complexity index is 517. The van der Waals surface area contributed by atoms with E-state index in [1.165, 1.54) is 11.1 Å². The van der Waals surface area contributed by atoms with Gasteiger partial charge >= 0.3 is 0 Å². The summed E-state index contributed by atoms with van der Waals surface area (Å²) >= 11 is 0. The molecule has 1 heterocycles. The van der Waals surface area contributed by atoms with Crippen molar-refractivity contribution in [1.82, 2.24) is 15.1 Å². The zero-order chi connectivity index (χ0) is 14.4. The molecule has 2 rings (SSSR count). The van der Waals surface area contributed by atoms with E-state index in [9.17, 15) is 0 Å². The molecule has 0 aliphatic rings. The Morgan fingerprint density at radius 2 is 1.95 bits per heavy atom. The van der Waals surface area contributed by atoms with E-state index in [0.717, 1.165) is 25.3 Å². The second-order valence-electron chi connectivity index (χ2n) is 5.25. The lowest BCUT2D eigenvalue weighted by Crippen LogP contribution is -2.21. The Kier molecular flexibility index (Phi) is 5.18. The number of ether oxygens (including phenoxy) is 1. The van der Waals surface area contributed by atoms with Gasteiger partial charge in [-0.25, -0.2) is 0 Å². The van der Waals surface area contributed by atoms with E-state index in [2.05, 4.69) is 42.6 Å². The molecule has 4 nitrogen and oxygen atoms in total. The SMILES string of the molecule is COc1ccc(CCn2cc(CNC(C)C)cn2)cc1. The predicted molar refractivity (Wildman–Crippen MR) is 80.9 cm³/mol. The van der Waals surface area contributed by atoms with Crippen LogP contribution in [-0.2, 0) is 19.5 Å². The number of aryl methyl sites for hydroxylation is 2. The molecule has 0 aliphatic carbocycles. The third-order valence-corrected chi connectivity index (χ3v) is 3.19. The van der Waals surface area contributed by atoms with Crippen molar-refractivity contribution in [3.8, 4) is 5.75 Å². The summed E-state index contributed by atoms with van der Waals surface area (Å²) < 4.78 is 7.16. The maximum absolute atomic E-state index is 5.16. The molecule has 1 aromatic carbocycles. The highest BCUT2D eigenvalue weighted by molar-refractivity contribution is 5.27. The average molecular weight is 273 g/mol. The van der Waals surface area contributed by atoms with Gasteiger partial charge in [0.05, 0.1) is 13.3 Å². The number of nitrogens with zero attached hydrogens (tertiary/aromatic N) is 2. The van der Waals surface area contributed by atoms with Crippen molar-refractivity contribution in [2.45, 2.75) is 39.4 Å². The smallest absolute Gasteiger partial charge is 0.118 e. The molecule has 0 saturated heterocycles. The fourth-order valence-electron chi connectivity index (χ4n) is 1.98. The number of methoxy groups -OCH3 is 1. The molecule has 0 aliphatic heterocycles. The Labute approximate surface area is 120 Å². The first-order valence-electron chi connectivity index (χ1n) is 7.05. The molecule has 0 unspecified atom stereocenters. The normalized spacial score (nSPS) is 11.0. The van der Waals surface area contributed by atoms with Crippen molar-refractivity contribution in [1.29, 1.82) is 0 Å². The van der Waals surface area contributed by atoms with Crippen LogP contribution in [0.4, 0.5) is 0 Å². The molecule has 1 N–H and O–H groups in total. The van der Waals surface area contributed by atoms with Crippen LogP contribution in [-0.4, -0.2) is 22.9 Å². The van der Waals surface area contributed by atoms with E-state index < -0.39 is 0 Å². The van der Waals surface area contributed by atoms with Crippen LogP contribution in [0.15, 0.2) is 36.7 Å². The number of nitrogens with one attached hydrogen (secondary N) is 1. The van der Waals surface area contributed by atoms with Gasteiger partial charge in [0.15, 0.2) is 0 Å². The van der Waals surface area contributed by atoms with Crippen molar-refractivity contribution in [3.63, 3.8) is 0 Å². The number of hydrogen-bond donors (Lipinski definition) is 1. The third kappa shape index (κ3) is 4.38. The lowest BCUT2D eigenvalue weighted by molar-refractivity contribution is 0.414. The molecule has 0 saturated carbocycles. The van der Waals surface area contributed by atoms with Gasteiger partial charge in [-0.15, -0.1) is 0 Å². The molecule has 1 aromatic heterocycles. The van der Waals surface area contributed by atoms with Crippen LogP contribution in [0.2, 0.25) is 0 Å². The average Bonchev–Trinajstić information content (AvgIpc) is 2.91. The Morgan fingerprint density at radius 1 is 1.20 bits per heavy atom. The van der Waals surface area contributed by atoms with Crippen LogP contribution in [0.3, 0.4) is 0 Å². The fraction of sp³-hybridized carbons (Fsp3) is 0.438. The maximum atomic E-state index is 5.16. The van der Waals surface area contributed by atoms with Gasteiger partial charge in [-0.1, -0.05) is 26.0 Å². The summed E-state index contributed by atoms with van der Waals surface area (Å²) in [5.74, 6) is 0.898. The molecular formula is C16H23N3O. The molecule has 0 radical (unpaired) electrons. The third-order valence-electron chi connectivity index (χ3n) is 3.19. The molecule has 0 fully saturated rings. The van der Waals surface area contributed by atoms with E-state index in [1.54, 1.807) is 7.11 Å². The summed E-state index contributed by atoms with van der Waals surface area (Å²) in [6.07, 6.45) is 5.02. The van der Waals surface area contributed by atoms with E-state index in [1.807, 2.05) is 23.0 Å². The number of benzene rings is 1. The monoisotopic (exact) mass is 273 g/mol. The van der Waals surface area contributed by atoms with Gasteiger partial charge in [-0.05, 0) is 24.1 Å². The molecule has 108 valence electrons. The van der Waals surface area contributed by atoms with Gasteiger partial charge in [-0.2, -0.15) is 5.10 Å². The van der Waals surface area contributed by atoms with Gasteiger partial charge in [0, 0.05) is 30.9 Å². The summed E-state index contributed by atoms with van der Waals surface area (Å²) in [6.45, 7) is 6.07. The van der Waals surface area contributed by atoms with E-state index in [4.69, 9.17) is 4.74 Å². The van der Waals surface area contributed by atoms with Gasteiger partial charge in [0.1, 0.15) is 5.75 Å². The number of rotatable bonds is 7. The second kappa shape index (κ2) is 7.10. The van der Waals surface area contributed by atoms with E-state index in [-0.39, 0.29) is 0 Å².